The molecular weight excluding hydrogens is 352 g/mol. The van der Waals surface area contributed by atoms with E-state index < -0.39 is 0 Å². The maximum atomic E-state index is 12.7. The van der Waals surface area contributed by atoms with Gasteiger partial charge in [0, 0.05) is 32.3 Å². The van der Waals surface area contributed by atoms with Crippen molar-refractivity contribution in [3.8, 4) is 5.75 Å². The van der Waals surface area contributed by atoms with Gasteiger partial charge >= 0.3 is 0 Å². The number of rotatable bonds is 6. The van der Waals surface area contributed by atoms with E-state index in [0.29, 0.717) is 13.2 Å². The molecule has 1 fully saturated rings. The van der Waals surface area contributed by atoms with Crippen molar-refractivity contribution >= 4 is 5.91 Å². The summed E-state index contributed by atoms with van der Waals surface area (Å²) in [6, 6.07) is 16.2. The van der Waals surface area contributed by atoms with Crippen LogP contribution in [-0.4, -0.2) is 49.8 Å². The van der Waals surface area contributed by atoms with Crippen molar-refractivity contribution in [2.75, 3.05) is 33.4 Å². The van der Waals surface area contributed by atoms with Crippen LogP contribution in [-0.2, 0) is 17.7 Å². The minimum absolute atomic E-state index is 0.0727. The highest BCUT2D eigenvalue weighted by Crippen LogP contribution is 2.31. The van der Waals surface area contributed by atoms with Gasteiger partial charge in [-0.05, 0) is 48.6 Å². The lowest BCUT2D eigenvalue weighted by molar-refractivity contribution is 0.0902. The van der Waals surface area contributed by atoms with Gasteiger partial charge in [0.2, 0.25) is 0 Å². The lowest BCUT2D eigenvalue weighted by atomic mass is 9.91. The molecule has 1 N–H and O–H groups in total. The summed E-state index contributed by atoms with van der Waals surface area (Å²) in [5, 5.41) is 3.35. The number of fused-ring (bicyclic) bond motifs is 1. The molecule has 2 aliphatic rings. The highest BCUT2D eigenvalue weighted by molar-refractivity contribution is 5.96. The van der Waals surface area contributed by atoms with Crippen LogP contribution in [0.3, 0.4) is 0 Å². The van der Waals surface area contributed by atoms with E-state index in [4.69, 9.17) is 9.47 Å². The first-order valence-corrected chi connectivity index (χ1v) is 10.0. The van der Waals surface area contributed by atoms with Crippen LogP contribution in [0.25, 0.3) is 0 Å². The van der Waals surface area contributed by atoms with Crippen molar-refractivity contribution in [2.45, 2.75) is 31.3 Å². The predicted octanol–water partition coefficient (Wildman–Crippen LogP) is 3.03. The van der Waals surface area contributed by atoms with Gasteiger partial charge in [0.15, 0.2) is 0 Å². The van der Waals surface area contributed by atoms with Crippen molar-refractivity contribution < 1.29 is 14.3 Å². The molecule has 2 aromatic carbocycles. The molecule has 0 aliphatic carbocycles. The lowest BCUT2D eigenvalue weighted by Gasteiger charge is -2.29. The Labute approximate surface area is 166 Å². The minimum Gasteiger partial charge on any atom is -0.491 e. The Bertz CT molecular complexity index is 838. The minimum atomic E-state index is -0.122. The van der Waals surface area contributed by atoms with E-state index >= 15 is 0 Å². The van der Waals surface area contributed by atoms with Gasteiger partial charge in [-0.15, -0.1) is 0 Å². The van der Waals surface area contributed by atoms with Crippen LogP contribution in [0.5, 0.6) is 5.75 Å². The van der Waals surface area contributed by atoms with Crippen molar-refractivity contribution in [2.24, 2.45) is 0 Å². The fourth-order valence-corrected chi connectivity index (χ4v) is 4.34. The van der Waals surface area contributed by atoms with Crippen LogP contribution < -0.4 is 10.1 Å². The van der Waals surface area contributed by atoms with E-state index in [0.717, 1.165) is 55.8 Å². The van der Waals surface area contributed by atoms with Crippen molar-refractivity contribution in [3.05, 3.63) is 65.2 Å². The van der Waals surface area contributed by atoms with Crippen LogP contribution in [0.2, 0.25) is 0 Å². The molecule has 0 saturated carbocycles. The monoisotopic (exact) mass is 380 g/mol. The first kappa shape index (κ1) is 19.0. The molecule has 1 unspecified atom stereocenters. The summed E-state index contributed by atoms with van der Waals surface area (Å²) in [6.45, 7) is 3.89. The number of aryl methyl sites for hydroxylation is 1. The number of benzene rings is 2. The van der Waals surface area contributed by atoms with Gasteiger partial charge in [-0.25, -0.2) is 0 Å². The topological polar surface area (TPSA) is 50.8 Å². The molecule has 1 saturated heterocycles. The Morgan fingerprint density at radius 1 is 1.11 bits per heavy atom. The van der Waals surface area contributed by atoms with E-state index in [1.54, 1.807) is 7.11 Å². The first-order chi connectivity index (χ1) is 13.7. The molecule has 5 nitrogen and oxygen atoms in total. The summed E-state index contributed by atoms with van der Waals surface area (Å²) < 4.78 is 10.8. The van der Waals surface area contributed by atoms with Crippen LogP contribution in [0, 0.1) is 0 Å². The molecule has 28 heavy (non-hydrogen) atoms. The van der Waals surface area contributed by atoms with Gasteiger partial charge in [-0.3, -0.25) is 9.69 Å². The van der Waals surface area contributed by atoms with Crippen molar-refractivity contribution in [3.63, 3.8) is 0 Å². The van der Waals surface area contributed by atoms with Crippen molar-refractivity contribution in [1.29, 1.82) is 0 Å². The van der Waals surface area contributed by atoms with Gasteiger partial charge in [-0.2, -0.15) is 0 Å². The number of hydrogen-bond acceptors (Lipinski definition) is 4. The zero-order valence-corrected chi connectivity index (χ0v) is 16.4. The fourth-order valence-electron chi connectivity index (χ4n) is 4.34. The third kappa shape index (κ3) is 4.21. The van der Waals surface area contributed by atoms with E-state index in [1.165, 1.54) is 5.56 Å². The largest absolute Gasteiger partial charge is 0.491 e. The van der Waals surface area contributed by atoms with Crippen LogP contribution in [0.1, 0.15) is 34.3 Å². The molecular formula is C23H28N2O3. The summed E-state index contributed by atoms with van der Waals surface area (Å²) in [7, 11) is 1.67. The van der Waals surface area contributed by atoms with E-state index in [9.17, 15) is 4.79 Å². The number of carbonyl (C=O) groups excluding carboxylic acids is 1. The summed E-state index contributed by atoms with van der Waals surface area (Å²) >= 11 is 0. The second-order valence-electron chi connectivity index (χ2n) is 7.84. The van der Waals surface area contributed by atoms with Gasteiger partial charge in [0.1, 0.15) is 12.4 Å². The molecule has 1 atom stereocenters. The highest BCUT2D eigenvalue weighted by atomic mass is 16.5. The third-order valence-corrected chi connectivity index (χ3v) is 5.81. The molecule has 1 spiro atoms. The Hall–Kier alpha value is -2.37. The molecule has 148 valence electrons. The van der Waals surface area contributed by atoms with Gasteiger partial charge in [0.25, 0.3) is 5.91 Å². The smallest absolute Gasteiger partial charge is 0.252 e. The highest BCUT2D eigenvalue weighted by Gasteiger charge is 2.41. The maximum Gasteiger partial charge on any atom is 0.252 e. The molecule has 5 heteroatoms. The Kier molecular flexibility index (Phi) is 5.64. The molecule has 0 radical (unpaired) electrons. The summed E-state index contributed by atoms with van der Waals surface area (Å²) in [4.78, 5) is 15.2. The van der Waals surface area contributed by atoms with Gasteiger partial charge < -0.3 is 14.8 Å². The summed E-state index contributed by atoms with van der Waals surface area (Å²) in [5.74, 6) is 0.949. The molecule has 2 heterocycles. The van der Waals surface area contributed by atoms with Crippen LogP contribution in [0.4, 0.5) is 0 Å². The molecule has 1 amide bonds. The number of carbonyl (C=O) groups is 1. The molecule has 0 aromatic heterocycles. The number of hydrogen-bond donors (Lipinski definition) is 1. The zero-order chi connectivity index (χ0) is 19.4. The lowest BCUT2D eigenvalue weighted by Crippen LogP contribution is -2.49. The third-order valence-electron chi connectivity index (χ3n) is 5.81. The molecule has 4 rings (SSSR count). The van der Waals surface area contributed by atoms with E-state index in [2.05, 4.69) is 28.4 Å². The number of methoxy groups -OCH3 is 1. The fraction of sp³-hybridized carbons (Fsp3) is 0.435. The molecule has 2 aromatic rings. The number of amides is 1. The first-order valence-electron chi connectivity index (χ1n) is 10.0. The van der Waals surface area contributed by atoms with Crippen LogP contribution in [0.15, 0.2) is 48.5 Å². The average molecular weight is 380 g/mol. The van der Waals surface area contributed by atoms with Crippen LogP contribution >= 0.6 is 0 Å². The Morgan fingerprint density at radius 3 is 2.89 bits per heavy atom. The number of ether oxygens (including phenoxy) is 2. The maximum absolute atomic E-state index is 12.7. The number of nitrogens with zero attached hydrogens (tertiary/aromatic N) is 1. The van der Waals surface area contributed by atoms with E-state index in [-0.39, 0.29) is 11.4 Å². The van der Waals surface area contributed by atoms with Gasteiger partial charge in [0.05, 0.1) is 12.1 Å². The second kappa shape index (κ2) is 8.33. The average Bonchev–Trinajstić information content (AvgIpc) is 3.03. The normalized spacial score (nSPS) is 22.0. The van der Waals surface area contributed by atoms with Gasteiger partial charge in [-0.1, -0.05) is 30.3 Å². The van der Waals surface area contributed by atoms with E-state index in [1.807, 2.05) is 30.3 Å². The number of likely N-dealkylation sites (tertiary alicyclic amines) is 1. The molecule has 2 aliphatic heterocycles. The van der Waals surface area contributed by atoms with Crippen molar-refractivity contribution in [1.82, 2.24) is 10.2 Å². The quantitative estimate of drug-likeness (QED) is 0.783. The zero-order valence-electron chi connectivity index (χ0n) is 16.4. The predicted molar refractivity (Wildman–Crippen MR) is 109 cm³/mol. The Balaban J connectivity index is 1.39. The SMILES string of the molecule is COCCOc1cccc(CN2CCC3(CCc4ccccc4C(=O)N3)C2)c1. The standard InChI is InChI=1S/C23H28N2O3/c1-27-13-14-28-20-7-4-5-18(15-20)16-25-12-11-23(17-25)10-9-19-6-2-3-8-21(19)22(26)24-23/h2-8,15H,9-14,16-17H2,1H3,(H,24,26). The molecule has 0 bridgehead atoms. The number of nitrogens with one attached hydrogen (secondary N) is 1. The second-order valence-corrected chi connectivity index (χ2v) is 7.84. The Morgan fingerprint density at radius 2 is 2.00 bits per heavy atom. The summed E-state index contributed by atoms with van der Waals surface area (Å²) in [5.41, 5.74) is 3.10. The summed E-state index contributed by atoms with van der Waals surface area (Å²) in [6.07, 6.45) is 2.94.